The van der Waals surface area contributed by atoms with E-state index in [1.807, 2.05) is 0 Å². The van der Waals surface area contributed by atoms with Gasteiger partial charge in [-0.1, -0.05) is 75.5 Å². The van der Waals surface area contributed by atoms with Gasteiger partial charge in [0.25, 0.3) is 0 Å². The van der Waals surface area contributed by atoms with E-state index in [2.05, 4.69) is 75.5 Å². The van der Waals surface area contributed by atoms with E-state index in [9.17, 15) is 0 Å². The Balaban J connectivity index is 1.67. The van der Waals surface area contributed by atoms with E-state index >= 15 is 0 Å². The molecule has 6 unspecified atom stereocenters. The van der Waals surface area contributed by atoms with Gasteiger partial charge in [-0.3, -0.25) is 0 Å². The van der Waals surface area contributed by atoms with Crippen molar-refractivity contribution in [2.75, 3.05) is 0 Å². The van der Waals surface area contributed by atoms with E-state index in [0.29, 0.717) is 0 Å². The van der Waals surface area contributed by atoms with E-state index in [0.717, 1.165) is 46.6 Å². The first-order valence-corrected chi connectivity index (χ1v) is 12.9. The van der Waals surface area contributed by atoms with Crippen molar-refractivity contribution in [1.82, 2.24) is 0 Å². The van der Waals surface area contributed by atoms with Crippen molar-refractivity contribution in [3.05, 3.63) is 48.6 Å². The molecule has 4 aliphatic rings. The molecule has 124 valence electrons. The summed E-state index contributed by atoms with van der Waals surface area (Å²) in [5.41, 5.74) is 1.92. The average molecular weight is 325 g/mol. The molecule has 4 aliphatic carbocycles. The van der Waals surface area contributed by atoms with Gasteiger partial charge < -0.3 is 0 Å². The second-order valence-electron chi connectivity index (χ2n) is 9.32. The van der Waals surface area contributed by atoms with Crippen LogP contribution < -0.4 is 0 Å². The van der Waals surface area contributed by atoms with E-state index < -0.39 is 8.07 Å². The number of hydrogen-bond donors (Lipinski definition) is 0. The predicted octanol–water partition coefficient (Wildman–Crippen LogP) is 6.23. The highest BCUT2D eigenvalue weighted by atomic mass is 28.3. The van der Waals surface area contributed by atoms with Crippen LogP contribution in [0.5, 0.6) is 0 Å². The highest BCUT2D eigenvalue weighted by Gasteiger charge is 2.56. The minimum absolute atomic E-state index is 0.820. The highest BCUT2D eigenvalue weighted by Crippen LogP contribution is 2.62. The highest BCUT2D eigenvalue weighted by molar-refractivity contribution is 6.80. The van der Waals surface area contributed by atoms with Gasteiger partial charge >= 0.3 is 0 Å². The van der Waals surface area contributed by atoms with Crippen LogP contribution in [-0.2, 0) is 0 Å². The van der Waals surface area contributed by atoms with Crippen molar-refractivity contribution in [2.24, 2.45) is 35.5 Å². The molecule has 2 fully saturated rings. The first-order valence-electron chi connectivity index (χ1n) is 9.70. The van der Waals surface area contributed by atoms with Crippen molar-refractivity contribution in [1.29, 1.82) is 0 Å². The van der Waals surface area contributed by atoms with Gasteiger partial charge in [0.05, 0.1) is 8.07 Å². The van der Waals surface area contributed by atoms with Gasteiger partial charge in [-0.15, -0.1) is 0 Å². The van der Waals surface area contributed by atoms with Gasteiger partial charge in [0, 0.05) is 0 Å². The average Bonchev–Trinajstić information content (AvgIpc) is 3.02. The maximum atomic E-state index is 2.73. The van der Waals surface area contributed by atoms with E-state index in [1.54, 1.807) is 0 Å². The number of hydrogen-bond acceptors (Lipinski definition) is 0. The third-order valence-corrected chi connectivity index (χ3v) is 13.0. The van der Waals surface area contributed by atoms with Crippen molar-refractivity contribution in [2.45, 2.75) is 50.9 Å². The van der Waals surface area contributed by atoms with Gasteiger partial charge in [-0.25, -0.2) is 0 Å². The summed E-state index contributed by atoms with van der Waals surface area (Å²) in [7, 11) is -1.35. The summed E-state index contributed by atoms with van der Waals surface area (Å²) in [4.78, 5) is 0. The van der Waals surface area contributed by atoms with Crippen molar-refractivity contribution in [3.63, 3.8) is 0 Å². The van der Waals surface area contributed by atoms with Crippen LogP contribution in [0.2, 0.25) is 24.2 Å². The Labute approximate surface area is 143 Å². The molecule has 4 rings (SSSR count). The second kappa shape index (κ2) is 5.62. The van der Waals surface area contributed by atoms with E-state index in [-0.39, 0.29) is 0 Å². The molecule has 0 N–H and O–H groups in total. The van der Waals surface area contributed by atoms with E-state index in [4.69, 9.17) is 0 Å². The molecular weight excluding hydrogens is 292 g/mol. The Hall–Kier alpha value is -0.823. The molecule has 0 radical (unpaired) electrons. The van der Waals surface area contributed by atoms with Gasteiger partial charge in [0.1, 0.15) is 0 Å². The summed E-state index contributed by atoms with van der Waals surface area (Å²) >= 11 is 0. The van der Waals surface area contributed by atoms with Crippen LogP contribution in [0.3, 0.4) is 0 Å². The Morgan fingerprint density at radius 1 is 0.652 bits per heavy atom. The smallest absolute Gasteiger partial charge is 0.0553 e. The molecule has 0 nitrogen and oxygen atoms in total. The fourth-order valence-electron chi connectivity index (χ4n) is 7.18. The Morgan fingerprint density at radius 3 is 1.48 bits per heavy atom. The van der Waals surface area contributed by atoms with Gasteiger partial charge in [-0.05, 0) is 59.4 Å². The Bertz CT molecular complexity index is 529. The van der Waals surface area contributed by atoms with Crippen LogP contribution in [0, 0.1) is 35.5 Å². The molecule has 0 aliphatic heterocycles. The summed E-state index contributed by atoms with van der Waals surface area (Å²) in [6.45, 7) is 10.6. The van der Waals surface area contributed by atoms with Crippen LogP contribution in [0.4, 0.5) is 0 Å². The number of allylic oxidation sites excluding steroid dienone is 8. The van der Waals surface area contributed by atoms with Gasteiger partial charge in [0.15, 0.2) is 0 Å². The lowest BCUT2D eigenvalue weighted by molar-refractivity contribution is 0.491. The largest absolute Gasteiger partial charge is 0.0808 e. The van der Waals surface area contributed by atoms with Crippen LogP contribution in [0.1, 0.15) is 26.7 Å². The van der Waals surface area contributed by atoms with Crippen LogP contribution in [0.15, 0.2) is 48.6 Å². The molecule has 2 saturated carbocycles. The fraction of sp³-hybridized carbons (Fsp3) is 0.636. The lowest BCUT2D eigenvalue weighted by Gasteiger charge is -2.45. The first-order chi connectivity index (χ1) is 11.0. The number of fused-ring (bicyclic) bond motifs is 2. The van der Waals surface area contributed by atoms with Crippen molar-refractivity contribution < 1.29 is 0 Å². The summed E-state index contributed by atoms with van der Waals surface area (Å²) in [5.74, 6) is 5.08. The molecule has 0 aromatic heterocycles. The van der Waals surface area contributed by atoms with Crippen molar-refractivity contribution in [3.8, 4) is 0 Å². The summed E-state index contributed by atoms with van der Waals surface area (Å²) < 4.78 is 0. The third-order valence-electron chi connectivity index (χ3n) is 7.66. The number of rotatable bonds is 2. The molecule has 23 heavy (non-hydrogen) atoms. The minimum Gasteiger partial charge on any atom is -0.0808 e. The molecule has 0 aromatic carbocycles. The maximum Gasteiger partial charge on any atom is 0.0553 e. The van der Waals surface area contributed by atoms with E-state index in [1.165, 1.54) is 12.8 Å². The zero-order valence-electron chi connectivity index (χ0n) is 15.2. The van der Waals surface area contributed by atoms with Gasteiger partial charge in [0.2, 0.25) is 0 Å². The second-order valence-corrected chi connectivity index (χ2v) is 14.3. The topological polar surface area (TPSA) is 0 Å². The Morgan fingerprint density at radius 2 is 1.04 bits per heavy atom. The monoisotopic (exact) mass is 324 g/mol. The third kappa shape index (κ3) is 2.38. The molecule has 8 atom stereocenters. The molecular formula is C22H32Si. The minimum atomic E-state index is -1.35. The summed E-state index contributed by atoms with van der Waals surface area (Å²) in [6, 6.07) is 0. The standard InChI is InChI=1S/C22H32Si/c1-15-13-17-9-5-7-11-19(17)21(15)23(3,4)22-16(2)14-18-10-6-8-12-20(18)22/h5-12,15-22H,13-14H2,1-4H3/t15?,16?,17-,18-,19?,20?,21?,22?/m0/s1. The zero-order valence-corrected chi connectivity index (χ0v) is 16.2. The normalized spacial score (nSPS) is 47.8. The lowest BCUT2D eigenvalue weighted by atomic mass is 9.91. The van der Waals surface area contributed by atoms with Gasteiger partial charge in [-0.2, -0.15) is 0 Å². The summed E-state index contributed by atoms with van der Waals surface area (Å²) in [5, 5.41) is 0. The van der Waals surface area contributed by atoms with Crippen molar-refractivity contribution >= 4 is 8.07 Å². The Kier molecular flexibility index (Phi) is 3.83. The fourth-order valence-corrected chi connectivity index (χ4v) is 13.5. The molecule has 0 amide bonds. The van der Waals surface area contributed by atoms with Crippen LogP contribution in [0.25, 0.3) is 0 Å². The first kappa shape index (κ1) is 15.7. The zero-order chi connectivity index (χ0) is 16.2. The molecule has 0 bridgehead atoms. The molecule has 0 saturated heterocycles. The van der Waals surface area contributed by atoms with Crippen LogP contribution >= 0.6 is 0 Å². The maximum absolute atomic E-state index is 2.73. The molecule has 0 aromatic rings. The lowest BCUT2D eigenvalue weighted by Crippen LogP contribution is -2.45. The summed E-state index contributed by atoms with van der Waals surface area (Å²) in [6.07, 6.45) is 22.1. The van der Waals surface area contributed by atoms with Crippen LogP contribution in [-0.4, -0.2) is 8.07 Å². The SMILES string of the molecule is CC1C[C@@H]2C=CC=CC2C1[Si](C)(C)C1C(C)C[C@@H]2C=CC=CC12. The molecule has 0 heterocycles. The molecule has 1 heteroatoms. The quantitative estimate of drug-likeness (QED) is 0.528. The molecule has 0 spiro atoms. The predicted molar refractivity (Wildman–Crippen MR) is 103 cm³/mol.